The summed E-state index contributed by atoms with van der Waals surface area (Å²) in [6.45, 7) is 10.9. The largest absolute Gasteiger partial charge is 0.492 e. The lowest BCUT2D eigenvalue weighted by molar-refractivity contribution is 0.149. The number of nitrogens with zero attached hydrogens (tertiary/aromatic N) is 4. The minimum absolute atomic E-state index is 0.0363. The summed E-state index contributed by atoms with van der Waals surface area (Å²) in [4.78, 5) is 2.39. The van der Waals surface area contributed by atoms with Crippen LogP contribution in [0.2, 0.25) is 0 Å². The predicted octanol–water partition coefficient (Wildman–Crippen LogP) is 2.82. The van der Waals surface area contributed by atoms with E-state index in [4.69, 9.17) is 4.74 Å². The van der Waals surface area contributed by atoms with E-state index in [9.17, 15) is 0 Å². The van der Waals surface area contributed by atoms with Crippen molar-refractivity contribution in [1.82, 2.24) is 19.9 Å². The monoisotopic (exact) mass is 300 g/mol. The van der Waals surface area contributed by atoms with Gasteiger partial charge in [0.2, 0.25) is 0 Å². The van der Waals surface area contributed by atoms with Crippen molar-refractivity contribution in [3.8, 4) is 5.75 Å². The molecule has 1 atom stereocenters. The van der Waals surface area contributed by atoms with Crippen molar-refractivity contribution < 1.29 is 4.74 Å². The second kappa shape index (κ2) is 5.72. The van der Waals surface area contributed by atoms with E-state index in [2.05, 4.69) is 55.0 Å². The highest BCUT2D eigenvalue weighted by Crippen LogP contribution is 2.25. The molecule has 2 aromatic rings. The summed E-state index contributed by atoms with van der Waals surface area (Å²) in [5, 5.41) is 8.58. The van der Waals surface area contributed by atoms with Crippen LogP contribution in [-0.2, 0) is 18.6 Å². The molecule has 0 radical (unpaired) electrons. The first-order chi connectivity index (χ1) is 10.4. The van der Waals surface area contributed by atoms with Crippen molar-refractivity contribution in [3.05, 3.63) is 41.7 Å². The van der Waals surface area contributed by atoms with Gasteiger partial charge in [-0.25, -0.2) is 4.68 Å². The second-order valence-electron chi connectivity index (χ2n) is 7.00. The van der Waals surface area contributed by atoms with Gasteiger partial charge in [-0.05, 0) is 33.8 Å². The van der Waals surface area contributed by atoms with Crippen LogP contribution < -0.4 is 4.74 Å². The molecule has 0 saturated carbocycles. The summed E-state index contributed by atoms with van der Waals surface area (Å²) in [6.07, 6.45) is 2.05. The number of ether oxygens (including phenoxy) is 1. The molecule has 0 saturated heterocycles. The zero-order valence-electron chi connectivity index (χ0n) is 13.8. The molecule has 118 valence electrons. The molecule has 1 aliphatic heterocycles. The summed E-state index contributed by atoms with van der Waals surface area (Å²) in [5.74, 6) is 0.996. The van der Waals surface area contributed by atoms with Gasteiger partial charge in [-0.1, -0.05) is 23.4 Å². The molecule has 3 rings (SSSR count). The van der Waals surface area contributed by atoms with Crippen LogP contribution in [0.1, 0.15) is 39.0 Å². The van der Waals surface area contributed by atoms with Crippen LogP contribution in [0.5, 0.6) is 5.75 Å². The number of benzene rings is 1. The third-order valence-corrected chi connectivity index (χ3v) is 4.04. The van der Waals surface area contributed by atoms with Crippen molar-refractivity contribution >= 4 is 0 Å². The summed E-state index contributed by atoms with van der Waals surface area (Å²) in [7, 11) is 0. The average molecular weight is 300 g/mol. The quantitative estimate of drug-likeness (QED) is 0.855. The molecule has 2 heterocycles. The number of hydrogen-bond acceptors (Lipinski definition) is 4. The molecule has 0 amide bonds. The van der Waals surface area contributed by atoms with Gasteiger partial charge in [0.1, 0.15) is 12.4 Å². The highest BCUT2D eigenvalue weighted by atomic mass is 16.5. The first-order valence-electron chi connectivity index (χ1n) is 7.80. The Morgan fingerprint density at radius 2 is 2.05 bits per heavy atom. The fourth-order valence-electron chi connectivity index (χ4n) is 2.58. The maximum Gasteiger partial charge on any atom is 0.123 e. The summed E-state index contributed by atoms with van der Waals surface area (Å²) < 4.78 is 7.83. The van der Waals surface area contributed by atoms with Gasteiger partial charge >= 0.3 is 0 Å². The maximum atomic E-state index is 5.91. The topological polar surface area (TPSA) is 43.2 Å². The van der Waals surface area contributed by atoms with Gasteiger partial charge < -0.3 is 4.74 Å². The number of hydrogen-bond donors (Lipinski definition) is 0. The number of aromatic nitrogens is 3. The van der Waals surface area contributed by atoms with E-state index < -0.39 is 0 Å². The van der Waals surface area contributed by atoms with Gasteiger partial charge in [-0.3, -0.25) is 4.90 Å². The van der Waals surface area contributed by atoms with E-state index in [1.165, 1.54) is 5.56 Å². The zero-order valence-corrected chi connectivity index (χ0v) is 13.8. The van der Waals surface area contributed by atoms with Crippen LogP contribution in [-0.4, -0.2) is 32.5 Å². The van der Waals surface area contributed by atoms with Gasteiger partial charge in [0.05, 0.1) is 17.4 Å². The van der Waals surface area contributed by atoms with E-state index in [0.29, 0.717) is 12.6 Å². The molecule has 0 aliphatic carbocycles. The van der Waals surface area contributed by atoms with E-state index in [1.54, 1.807) is 0 Å². The maximum absolute atomic E-state index is 5.91. The lowest BCUT2D eigenvalue weighted by atomic mass is 10.1. The third kappa shape index (κ3) is 3.14. The Labute approximate surface area is 131 Å². The van der Waals surface area contributed by atoms with Gasteiger partial charge in [0, 0.05) is 24.7 Å². The minimum atomic E-state index is -0.0363. The van der Waals surface area contributed by atoms with Crippen LogP contribution in [0, 0.1) is 0 Å². The Morgan fingerprint density at radius 1 is 1.27 bits per heavy atom. The van der Waals surface area contributed by atoms with Crippen LogP contribution in [0.15, 0.2) is 30.5 Å². The SMILES string of the molecule is CC1COc2ccccc2CN1Cc1cn(C(C)(C)C)nn1. The van der Waals surface area contributed by atoms with Crippen molar-refractivity contribution in [1.29, 1.82) is 0 Å². The van der Waals surface area contributed by atoms with Crippen LogP contribution in [0.3, 0.4) is 0 Å². The van der Waals surface area contributed by atoms with Gasteiger partial charge in [0.25, 0.3) is 0 Å². The molecule has 1 unspecified atom stereocenters. The Hall–Kier alpha value is -1.88. The fourth-order valence-corrected chi connectivity index (χ4v) is 2.58. The highest BCUT2D eigenvalue weighted by Gasteiger charge is 2.23. The molecule has 0 spiro atoms. The zero-order chi connectivity index (χ0) is 15.7. The van der Waals surface area contributed by atoms with Crippen molar-refractivity contribution in [3.63, 3.8) is 0 Å². The van der Waals surface area contributed by atoms with Crippen molar-refractivity contribution in [2.45, 2.75) is 52.4 Å². The van der Waals surface area contributed by atoms with E-state index >= 15 is 0 Å². The molecular weight excluding hydrogens is 276 g/mol. The lowest BCUT2D eigenvalue weighted by Crippen LogP contribution is -2.34. The van der Waals surface area contributed by atoms with Crippen LogP contribution in [0.25, 0.3) is 0 Å². The Morgan fingerprint density at radius 3 is 2.77 bits per heavy atom. The molecule has 1 aromatic carbocycles. The average Bonchev–Trinajstić information content (AvgIpc) is 2.88. The Kier molecular flexibility index (Phi) is 3.91. The molecule has 22 heavy (non-hydrogen) atoms. The molecule has 0 fully saturated rings. The molecule has 5 heteroatoms. The van der Waals surface area contributed by atoms with Gasteiger partial charge in [0.15, 0.2) is 0 Å². The third-order valence-electron chi connectivity index (χ3n) is 4.04. The Balaban J connectivity index is 1.78. The van der Waals surface area contributed by atoms with Gasteiger partial charge in [-0.15, -0.1) is 5.10 Å². The van der Waals surface area contributed by atoms with Gasteiger partial charge in [-0.2, -0.15) is 0 Å². The summed E-state index contributed by atoms with van der Waals surface area (Å²) >= 11 is 0. The number of rotatable bonds is 2. The first kappa shape index (κ1) is 15.0. The first-order valence-corrected chi connectivity index (χ1v) is 7.80. The minimum Gasteiger partial charge on any atom is -0.492 e. The second-order valence-corrected chi connectivity index (χ2v) is 7.00. The summed E-state index contributed by atoms with van der Waals surface area (Å²) in [6, 6.07) is 8.60. The summed E-state index contributed by atoms with van der Waals surface area (Å²) in [5.41, 5.74) is 2.20. The molecular formula is C17H24N4O. The molecule has 5 nitrogen and oxygen atoms in total. The molecule has 0 N–H and O–H groups in total. The van der Waals surface area contributed by atoms with Crippen LogP contribution >= 0.6 is 0 Å². The van der Waals surface area contributed by atoms with Crippen molar-refractivity contribution in [2.75, 3.05) is 6.61 Å². The van der Waals surface area contributed by atoms with E-state index in [0.717, 1.165) is 24.5 Å². The molecule has 1 aromatic heterocycles. The molecule has 1 aliphatic rings. The van der Waals surface area contributed by atoms with Crippen LogP contribution in [0.4, 0.5) is 0 Å². The van der Waals surface area contributed by atoms with E-state index in [1.807, 2.05) is 23.0 Å². The normalized spacial score (nSPS) is 19.4. The highest BCUT2D eigenvalue weighted by molar-refractivity contribution is 5.34. The van der Waals surface area contributed by atoms with E-state index in [-0.39, 0.29) is 5.54 Å². The fraction of sp³-hybridized carbons (Fsp3) is 0.529. The number of fused-ring (bicyclic) bond motifs is 1. The standard InChI is InChI=1S/C17H24N4O/c1-13-12-22-16-8-6-5-7-14(16)9-20(13)10-15-11-21(19-18-15)17(2,3)4/h5-8,11,13H,9-10,12H2,1-4H3. The predicted molar refractivity (Wildman–Crippen MR) is 85.7 cm³/mol. The van der Waals surface area contributed by atoms with Crippen molar-refractivity contribution in [2.24, 2.45) is 0 Å². The lowest BCUT2D eigenvalue weighted by Gasteiger charge is -2.25. The Bertz CT molecular complexity index is 644. The molecule has 0 bridgehead atoms. The smallest absolute Gasteiger partial charge is 0.123 e. The number of para-hydroxylation sites is 1.